The number of ether oxygens (including phenoxy) is 1. The molecule has 0 unspecified atom stereocenters. The van der Waals surface area contributed by atoms with E-state index in [2.05, 4.69) is 5.32 Å². The first kappa shape index (κ1) is 16.7. The Bertz CT molecular complexity index is 829. The van der Waals surface area contributed by atoms with E-state index in [0.29, 0.717) is 5.69 Å². The number of hydrogen-bond acceptors (Lipinski definition) is 3. The first-order chi connectivity index (χ1) is 12.2. The van der Waals surface area contributed by atoms with Crippen molar-refractivity contribution in [1.82, 2.24) is 0 Å². The maximum Gasteiger partial charge on any atom is 0.228 e. The summed E-state index contributed by atoms with van der Waals surface area (Å²) in [6, 6.07) is 24.2. The summed E-state index contributed by atoms with van der Waals surface area (Å²) in [6.07, 6.45) is 0.273. The van der Waals surface area contributed by atoms with Gasteiger partial charge in [-0.2, -0.15) is 0 Å². The zero-order valence-corrected chi connectivity index (χ0v) is 13.7. The molecule has 0 heterocycles. The molecule has 25 heavy (non-hydrogen) atoms. The van der Waals surface area contributed by atoms with Crippen LogP contribution >= 0.6 is 0 Å². The Balaban J connectivity index is 1.58. The monoisotopic (exact) mass is 333 g/mol. The Morgan fingerprint density at radius 2 is 1.56 bits per heavy atom. The number of amides is 1. The van der Waals surface area contributed by atoms with Crippen LogP contribution in [0.4, 0.5) is 5.69 Å². The molecule has 3 rings (SSSR count). The summed E-state index contributed by atoms with van der Waals surface area (Å²) >= 11 is 0. The summed E-state index contributed by atoms with van der Waals surface area (Å²) in [5.74, 6) is 1.40. The quantitative estimate of drug-likeness (QED) is 0.712. The van der Waals surface area contributed by atoms with Gasteiger partial charge in [-0.1, -0.05) is 42.5 Å². The number of benzene rings is 3. The average molecular weight is 333 g/mol. The fraction of sp³-hybridized carbons (Fsp3) is 0.0952. The fourth-order valence-corrected chi connectivity index (χ4v) is 2.44. The summed E-state index contributed by atoms with van der Waals surface area (Å²) in [5, 5.41) is 12.0. The number of rotatable bonds is 6. The molecule has 126 valence electrons. The van der Waals surface area contributed by atoms with Crippen molar-refractivity contribution in [3.63, 3.8) is 0 Å². The third-order valence-electron chi connectivity index (χ3n) is 3.66. The topological polar surface area (TPSA) is 58.6 Å². The predicted molar refractivity (Wildman–Crippen MR) is 97.7 cm³/mol. The number of para-hydroxylation sites is 1. The smallest absolute Gasteiger partial charge is 0.228 e. The van der Waals surface area contributed by atoms with Gasteiger partial charge in [0.25, 0.3) is 0 Å². The first-order valence-corrected chi connectivity index (χ1v) is 8.04. The fourth-order valence-electron chi connectivity index (χ4n) is 2.44. The van der Waals surface area contributed by atoms with E-state index in [1.807, 2.05) is 54.6 Å². The van der Waals surface area contributed by atoms with Crippen LogP contribution in [0.3, 0.4) is 0 Å². The molecule has 0 aliphatic carbocycles. The van der Waals surface area contributed by atoms with Crippen molar-refractivity contribution < 1.29 is 14.6 Å². The maximum atomic E-state index is 12.2. The Morgan fingerprint density at radius 3 is 2.28 bits per heavy atom. The zero-order chi connectivity index (χ0) is 17.5. The van der Waals surface area contributed by atoms with E-state index >= 15 is 0 Å². The summed E-state index contributed by atoms with van der Waals surface area (Å²) in [6.45, 7) is -0.0490. The van der Waals surface area contributed by atoms with Crippen molar-refractivity contribution in [2.75, 3.05) is 5.32 Å². The van der Waals surface area contributed by atoms with Crippen LogP contribution in [-0.4, -0.2) is 11.0 Å². The molecular formula is C21H19NO3. The minimum atomic E-state index is -0.105. The number of carbonyl (C=O) groups is 1. The lowest BCUT2D eigenvalue weighted by Crippen LogP contribution is -2.14. The highest BCUT2D eigenvalue weighted by molar-refractivity contribution is 5.92. The highest BCUT2D eigenvalue weighted by Gasteiger charge is 2.05. The molecule has 0 atom stereocenters. The third-order valence-corrected chi connectivity index (χ3v) is 3.66. The Labute approximate surface area is 146 Å². The van der Waals surface area contributed by atoms with Crippen molar-refractivity contribution >= 4 is 11.6 Å². The normalized spacial score (nSPS) is 10.3. The van der Waals surface area contributed by atoms with Crippen molar-refractivity contribution in [3.05, 3.63) is 90.0 Å². The molecule has 4 nitrogen and oxygen atoms in total. The minimum Gasteiger partial charge on any atom is -0.457 e. The highest BCUT2D eigenvalue weighted by atomic mass is 16.5. The molecule has 1 amide bonds. The summed E-state index contributed by atoms with van der Waals surface area (Å²) in [4.78, 5) is 12.2. The second kappa shape index (κ2) is 8.13. The van der Waals surface area contributed by atoms with Crippen LogP contribution < -0.4 is 10.1 Å². The van der Waals surface area contributed by atoms with E-state index in [1.54, 1.807) is 24.3 Å². The van der Waals surface area contributed by atoms with Crippen LogP contribution in [0.15, 0.2) is 78.9 Å². The number of anilines is 1. The summed E-state index contributed by atoms with van der Waals surface area (Å²) in [5.41, 5.74) is 2.34. The van der Waals surface area contributed by atoms with E-state index in [0.717, 1.165) is 22.6 Å². The lowest BCUT2D eigenvalue weighted by Gasteiger charge is -2.08. The molecule has 0 aromatic heterocycles. The van der Waals surface area contributed by atoms with Gasteiger partial charge in [0.15, 0.2) is 0 Å². The molecular weight excluding hydrogens is 314 g/mol. The Kier molecular flexibility index (Phi) is 5.44. The number of carbonyl (C=O) groups excluding carboxylic acids is 1. The van der Waals surface area contributed by atoms with E-state index in [-0.39, 0.29) is 18.9 Å². The molecule has 2 N–H and O–H groups in total. The minimum absolute atomic E-state index is 0.0490. The van der Waals surface area contributed by atoms with Crippen molar-refractivity contribution in [2.24, 2.45) is 0 Å². The van der Waals surface area contributed by atoms with Crippen LogP contribution in [0.1, 0.15) is 11.1 Å². The van der Waals surface area contributed by atoms with Gasteiger partial charge in [0, 0.05) is 5.69 Å². The summed E-state index contributed by atoms with van der Waals surface area (Å²) in [7, 11) is 0. The van der Waals surface area contributed by atoms with Gasteiger partial charge in [-0.05, 0) is 47.5 Å². The van der Waals surface area contributed by atoms with Gasteiger partial charge in [0.05, 0.1) is 13.0 Å². The zero-order valence-electron chi connectivity index (χ0n) is 13.7. The molecule has 0 aliphatic rings. The number of nitrogens with one attached hydrogen (secondary N) is 1. The van der Waals surface area contributed by atoms with Gasteiger partial charge in [-0.3, -0.25) is 4.79 Å². The molecule has 4 heteroatoms. The lowest BCUT2D eigenvalue weighted by molar-refractivity contribution is -0.115. The van der Waals surface area contributed by atoms with Crippen molar-refractivity contribution in [2.45, 2.75) is 13.0 Å². The van der Waals surface area contributed by atoms with Gasteiger partial charge in [-0.15, -0.1) is 0 Å². The Hall–Kier alpha value is -3.11. The van der Waals surface area contributed by atoms with Crippen LogP contribution in [-0.2, 0) is 17.8 Å². The molecule has 3 aromatic rings. The van der Waals surface area contributed by atoms with E-state index in [4.69, 9.17) is 9.84 Å². The second-order valence-electron chi connectivity index (χ2n) is 5.64. The molecule has 0 spiro atoms. The molecule has 3 aromatic carbocycles. The van der Waals surface area contributed by atoms with Crippen LogP contribution in [0.2, 0.25) is 0 Å². The largest absolute Gasteiger partial charge is 0.457 e. The number of aliphatic hydroxyl groups is 1. The van der Waals surface area contributed by atoms with E-state index in [1.165, 1.54) is 0 Å². The van der Waals surface area contributed by atoms with Gasteiger partial charge < -0.3 is 15.2 Å². The van der Waals surface area contributed by atoms with Crippen LogP contribution in [0.25, 0.3) is 0 Å². The molecule has 0 saturated carbocycles. The SMILES string of the molecule is O=C(Cc1ccc(Oc2ccccc2)cc1)Nc1cccc(CO)c1. The van der Waals surface area contributed by atoms with Gasteiger partial charge >= 0.3 is 0 Å². The number of hydrogen-bond donors (Lipinski definition) is 2. The second-order valence-corrected chi connectivity index (χ2v) is 5.64. The van der Waals surface area contributed by atoms with E-state index in [9.17, 15) is 4.79 Å². The molecule has 0 aliphatic heterocycles. The highest BCUT2D eigenvalue weighted by Crippen LogP contribution is 2.21. The average Bonchev–Trinajstić information content (AvgIpc) is 2.64. The first-order valence-electron chi connectivity index (χ1n) is 8.04. The molecule has 0 fully saturated rings. The molecule has 0 radical (unpaired) electrons. The lowest BCUT2D eigenvalue weighted by atomic mass is 10.1. The van der Waals surface area contributed by atoms with Crippen LogP contribution in [0.5, 0.6) is 11.5 Å². The summed E-state index contributed by atoms with van der Waals surface area (Å²) < 4.78 is 5.74. The Morgan fingerprint density at radius 1 is 0.840 bits per heavy atom. The third kappa shape index (κ3) is 4.93. The molecule has 0 bridgehead atoms. The van der Waals surface area contributed by atoms with E-state index < -0.39 is 0 Å². The van der Waals surface area contributed by atoms with Gasteiger partial charge in [0.1, 0.15) is 11.5 Å². The standard InChI is InChI=1S/C21H19NO3/c23-15-17-5-4-6-18(13-17)22-21(24)14-16-9-11-20(12-10-16)25-19-7-2-1-3-8-19/h1-13,23H,14-15H2,(H,22,24). The van der Waals surface area contributed by atoms with Crippen molar-refractivity contribution in [1.29, 1.82) is 0 Å². The van der Waals surface area contributed by atoms with Crippen molar-refractivity contribution in [3.8, 4) is 11.5 Å². The number of aliphatic hydroxyl groups excluding tert-OH is 1. The van der Waals surface area contributed by atoms with Crippen LogP contribution in [0, 0.1) is 0 Å². The maximum absolute atomic E-state index is 12.2. The molecule has 0 saturated heterocycles. The predicted octanol–water partition coefficient (Wildman–Crippen LogP) is 4.15. The van der Waals surface area contributed by atoms with Gasteiger partial charge in [-0.25, -0.2) is 0 Å². The van der Waals surface area contributed by atoms with Gasteiger partial charge in [0.2, 0.25) is 5.91 Å².